The number of carbonyl (C=O) groups is 3. The summed E-state index contributed by atoms with van der Waals surface area (Å²) in [6.07, 6.45) is 0.137. The summed E-state index contributed by atoms with van der Waals surface area (Å²) in [6, 6.07) is 12.9. The molecule has 2 aromatic rings. The van der Waals surface area contributed by atoms with E-state index in [2.05, 4.69) is 31.4 Å². The minimum Gasteiger partial charge on any atom is -0.446 e. The van der Waals surface area contributed by atoms with Gasteiger partial charge < -0.3 is 30.3 Å². The lowest BCUT2D eigenvalue weighted by Gasteiger charge is -2.62. The van der Waals surface area contributed by atoms with E-state index in [0.717, 1.165) is 28.8 Å². The summed E-state index contributed by atoms with van der Waals surface area (Å²) >= 11 is 0. The third-order valence-corrected chi connectivity index (χ3v) is 11.2. The number of aliphatic hydroxyl groups is 1. The molecule has 3 amide bonds. The highest BCUT2D eigenvalue weighted by atomic mass is 16.7. The van der Waals surface area contributed by atoms with Crippen LogP contribution in [-0.2, 0) is 20.9 Å². The Bertz CT molecular complexity index is 1510. The molecule has 3 N–H and O–H groups in total. The van der Waals surface area contributed by atoms with E-state index in [1.807, 2.05) is 61.5 Å². The van der Waals surface area contributed by atoms with Crippen LogP contribution in [-0.4, -0.2) is 99.1 Å². The largest absolute Gasteiger partial charge is 0.446 e. The van der Waals surface area contributed by atoms with Crippen LogP contribution in [0, 0.1) is 29.1 Å². The Labute approximate surface area is 284 Å². The Balaban J connectivity index is 1.44. The number of rotatable bonds is 10. The number of amides is 3. The smallest absolute Gasteiger partial charge is 0.409 e. The van der Waals surface area contributed by atoms with Gasteiger partial charge >= 0.3 is 6.09 Å². The van der Waals surface area contributed by atoms with E-state index in [-0.39, 0.29) is 36.4 Å². The molecular formula is C37H53N5O6. The normalized spacial score (nSPS) is 28.2. The number of nitrogens with zero attached hydrogens (tertiary/aromatic N) is 3. The summed E-state index contributed by atoms with van der Waals surface area (Å²) in [6.45, 7) is 8.57. The molecule has 1 saturated heterocycles. The molecule has 4 aliphatic rings. The van der Waals surface area contributed by atoms with Crippen molar-refractivity contribution in [1.29, 1.82) is 0 Å². The lowest BCUT2D eigenvalue weighted by molar-refractivity contribution is -0.183. The highest BCUT2D eigenvalue weighted by Crippen LogP contribution is 2.61. The van der Waals surface area contributed by atoms with Crippen molar-refractivity contribution < 1.29 is 29.1 Å². The second-order valence-electron chi connectivity index (χ2n) is 14.9. The first-order valence-electron chi connectivity index (χ1n) is 17.0. The van der Waals surface area contributed by atoms with Gasteiger partial charge in [0.15, 0.2) is 0 Å². The van der Waals surface area contributed by atoms with E-state index in [4.69, 9.17) is 9.57 Å². The Kier molecular flexibility index (Phi) is 10.4. The molecule has 3 aliphatic carbocycles. The number of fused-ring (bicyclic) bond motifs is 2. The van der Waals surface area contributed by atoms with Gasteiger partial charge in [0, 0.05) is 52.5 Å². The van der Waals surface area contributed by atoms with E-state index in [0.29, 0.717) is 23.3 Å². The van der Waals surface area contributed by atoms with Gasteiger partial charge in [0.1, 0.15) is 18.2 Å². The van der Waals surface area contributed by atoms with Crippen LogP contribution < -0.4 is 15.5 Å². The van der Waals surface area contributed by atoms with Crippen molar-refractivity contribution in [1.82, 2.24) is 20.6 Å². The van der Waals surface area contributed by atoms with E-state index < -0.39 is 30.3 Å². The molecule has 48 heavy (non-hydrogen) atoms. The molecule has 8 atom stereocenters. The van der Waals surface area contributed by atoms with Crippen molar-refractivity contribution in [3.8, 4) is 11.1 Å². The Morgan fingerprint density at radius 1 is 1.08 bits per heavy atom. The van der Waals surface area contributed by atoms with Crippen LogP contribution in [0.4, 0.5) is 10.5 Å². The van der Waals surface area contributed by atoms with Crippen molar-refractivity contribution in [2.24, 2.45) is 29.1 Å². The predicted molar refractivity (Wildman–Crippen MR) is 185 cm³/mol. The topological polar surface area (TPSA) is 124 Å². The molecular weight excluding hydrogens is 610 g/mol. The average Bonchev–Trinajstić information content (AvgIpc) is 3.43. The molecule has 1 heterocycles. The molecule has 1 aliphatic heterocycles. The highest BCUT2D eigenvalue weighted by Gasteiger charge is 2.57. The molecule has 0 unspecified atom stereocenters. The second-order valence-corrected chi connectivity index (χ2v) is 14.9. The number of nitrogens with one attached hydrogen (secondary N) is 2. The summed E-state index contributed by atoms with van der Waals surface area (Å²) in [5.74, 6) is 0.474. The summed E-state index contributed by atoms with van der Waals surface area (Å²) in [4.78, 5) is 49.2. The van der Waals surface area contributed by atoms with Crippen LogP contribution in [0.5, 0.6) is 0 Å². The fourth-order valence-electron chi connectivity index (χ4n) is 8.15. The standard InChI is InChI=1S/C37H53N5O6/c1-21-29-17-27(37(29,3)4)18-30(21)39-35(45)33-32(22(2)47-36(46)41(8)9)31(20-43)48-42(33)19-23-11-10-12-24(13-23)25-14-26(34(44)38-5)16-28(15-25)40(6)7/h10-16,21-22,27,29-33,43H,17-20H2,1-9H3,(H,38,44)(H,39,45)/t21-,22-,27+,29+,30-,31-,32+,33-/m0/s1. The van der Waals surface area contributed by atoms with Gasteiger partial charge in [-0.3, -0.25) is 14.4 Å². The molecule has 2 aromatic carbocycles. The van der Waals surface area contributed by atoms with Gasteiger partial charge in [-0.25, -0.2) is 4.79 Å². The third-order valence-electron chi connectivity index (χ3n) is 11.2. The number of aliphatic hydroxyl groups excluding tert-OH is 1. The molecule has 262 valence electrons. The van der Waals surface area contributed by atoms with Gasteiger partial charge in [0.05, 0.1) is 19.1 Å². The molecule has 0 aromatic heterocycles. The zero-order valence-corrected chi connectivity index (χ0v) is 29.8. The summed E-state index contributed by atoms with van der Waals surface area (Å²) < 4.78 is 5.77. The maximum Gasteiger partial charge on any atom is 0.409 e. The Morgan fingerprint density at radius 3 is 2.42 bits per heavy atom. The van der Waals surface area contributed by atoms with Crippen LogP contribution in [0.25, 0.3) is 11.1 Å². The van der Waals surface area contributed by atoms with Gasteiger partial charge in [0.2, 0.25) is 5.91 Å². The zero-order valence-electron chi connectivity index (χ0n) is 29.8. The van der Waals surface area contributed by atoms with Gasteiger partial charge in [-0.1, -0.05) is 39.0 Å². The quantitative estimate of drug-likeness (QED) is 0.347. The molecule has 0 spiro atoms. The van der Waals surface area contributed by atoms with Gasteiger partial charge in [-0.15, -0.1) is 0 Å². The Morgan fingerprint density at radius 2 is 1.81 bits per heavy atom. The average molecular weight is 664 g/mol. The molecule has 0 radical (unpaired) electrons. The first kappa shape index (κ1) is 35.6. The van der Waals surface area contributed by atoms with Gasteiger partial charge in [0.25, 0.3) is 5.91 Å². The van der Waals surface area contributed by atoms with Gasteiger partial charge in [-0.05, 0) is 83.9 Å². The van der Waals surface area contributed by atoms with Crippen LogP contribution in [0.15, 0.2) is 42.5 Å². The van der Waals surface area contributed by atoms with Gasteiger partial charge in [-0.2, -0.15) is 5.06 Å². The van der Waals surface area contributed by atoms with Crippen LogP contribution in [0.1, 0.15) is 56.5 Å². The van der Waals surface area contributed by atoms with Crippen molar-refractivity contribution in [2.75, 3.05) is 46.7 Å². The van der Waals surface area contributed by atoms with Crippen molar-refractivity contribution >= 4 is 23.6 Å². The monoisotopic (exact) mass is 663 g/mol. The second kappa shape index (κ2) is 14.1. The number of carbonyl (C=O) groups excluding carboxylic acids is 3. The zero-order chi connectivity index (χ0) is 35.1. The molecule has 4 fully saturated rings. The van der Waals surface area contributed by atoms with Crippen molar-refractivity contribution in [3.63, 3.8) is 0 Å². The molecule has 11 nitrogen and oxygen atoms in total. The maximum absolute atomic E-state index is 14.4. The molecule has 2 bridgehead atoms. The van der Waals surface area contributed by atoms with Crippen LogP contribution in [0.2, 0.25) is 0 Å². The molecule has 11 heteroatoms. The minimum atomic E-state index is -0.814. The molecule has 3 saturated carbocycles. The SMILES string of the molecule is CNC(=O)c1cc(-c2cccc(CN3O[C@@H](CO)[C@@H]([C@H](C)OC(=O)N(C)C)[C@H]3C(=O)N[C@H]3C[C@H]4C[C@H]([C@@H]3C)C4(C)C)c2)cc(N(C)C)c1. The number of ether oxygens (including phenoxy) is 1. The first-order valence-corrected chi connectivity index (χ1v) is 17.0. The van der Waals surface area contributed by atoms with E-state index >= 15 is 0 Å². The lowest BCUT2D eigenvalue weighted by Crippen LogP contribution is -2.62. The summed E-state index contributed by atoms with van der Waals surface area (Å²) in [5, 5.41) is 18.2. The number of anilines is 1. The Hall–Kier alpha value is -3.67. The lowest BCUT2D eigenvalue weighted by atomic mass is 9.45. The fraction of sp³-hybridized carbons (Fsp3) is 0.595. The number of benzene rings is 2. The summed E-state index contributed by atoms with van der Waals surface area (Å²) in [7, 11) is 8.69. The predicted octanol–water partition coefficient (Wildman–Crippen LogP) is 4.15. The first-order chi connectivity index (χ1) is 22.7. The third kappa shape index (κ3) is 6.91. The fourth-order valence-corrected chi connectivity index (χ4v) is 8.15. The number of hydrogen-bond acceptors (Lipinski definition) is 8. The number of hydrogen-bond donors (Lipinski definition) is 3. The minimum absolute atomic E-state index is 0.0337. The maximum atomic E-state index is 14.4. The van der Waals surface area contributed by atoms with Crippen LogP contribution >= 0.6 is 0 Å². The van der Waals surface area contributed by atoms with Crippen molar-refractivity contribution in [2.45, 2.75) is 71.4 Å². The summed E-state index contributed by atoms with van der Waals surface area (Å²) in [5.41, 5.74) is 4.39. The number of hydroxylamine groups is 2. The van der Waals surface area contributed by atoms with E-state index in [1.165, 1.54) is 11.3 Å². The van der Waals surface area contributed by atoms with E-state index in [9.17, 15) is 19.5 Å². The van der Waals surface area contributed by atoms with Crippen LogP contribution in [0.3, 0.4) is 0 Å². The molecule has 6 rings (SSSR count). The van der Waals surface area contributed by atoms with E-state index in [1.54, 1.807) is 33.1 Å². The highest BCUT2D eigenvalue weighted by molar-refractivity contribution is 5.96. The van der Waals surface area contributed by atoms with Crippen molar-refractivity contribution in [3.05, 3.63) is 53.6 Å².